The molecule has 4 unspecified atom stereocenters. The zero-order valence-corrected chi connectivity index (χ0v) is 19.4. The van der Waals surface area contributed by atoms with Crippen molar-refractivity contribution >= 4 is 35.6 Å². The fourth-order valence-electron chi connectivity index (χ4n) is 2.99. The fourth-order valence-corrected chi connectivity index (χ4v) is 2.99. The van der Waals surface area contributed by atoms with Crippen LogP contribution in [0.2, 0.25) is 0 Å². The van der Waals surface area contributed by atoms with Gasteiger partial charge in [-0.1, -0.05) is 13.8 Å². The lowest BCUT2D eigenvalue weighted by molar-refractivity contribution is -0.144. The molecular formula is C20H36N6O8. The van der Waals surface area contributed by atoms with Crippen molar-refractivity contribution in [2.75, 3.05) is 6.54 Å². The van der Waals surface area contributed by atoms with Gasteiger partial charge in [-0.15, -0.1) is 0 Å². The molecule has 0 aliphatic rings. The Morgan fingerprint density at radius 1 is 0.794 bits per heavy atom. The number of carboxylic acid groups (broad SMARTS) is 2. The zero-order valence-electron chi connectivity index (χ0n) is 19.4. The number of carbonyl (C=O) groups excluding carboxylic acids is 4. The Morgan fingerprint density at radius 3 is 1.79 bits per heavy atom. The first-order chi connectivity index (χ1) is 15.8. The van der Waals surface area contributed by atoms with E-state index in [-0.39, 0.29) is 12.3 Å². The molecule has 14 heteroatoms. The average Bonchev–Trinajstić information content (AvgIpc) is 2.70. The Balaban J connectivity index is 5.54. The number of nitrogens with one attached hydrogen (secondary N) is 3. The number of hydrogen-bond acceptors (Lipinski definition) is 8. The predicted molar refractivity (Wildman–Crippen MR) is 120 cm³/mol. The topological polar surface area (TPSA) is 257 Å². The first kappa shape index (κ1) is 30.7. The summed E-state index contributed by atoms with van der Waals surface area (Å²) in [5.41, 5.74) is 16.3. The number of nitrogens with two attached hydrogens (primary N) is 3. The van der Waals surface area contributed by atoms with Gasteiger partial charge in [0.2, 0.25) is 23.6 Å². The molecule has 0 heterocycles. The maximum atomic E-state index is 12.9. The minimum atomic E-state index is -1.72. The molecule has 4 atom stereocenters. The zero-order chi connectivity index (χ0) is 26.4. The van der Waals surface area contributed by atoms with Gasteiger partial charge >= 0.3 is 11.9 Å². The number of carboxylic acids is 2. The van der Waals surface area contributed by atoms with Gasteiger partial charge in [-0.25, -0.2) is 4.79 Å². The minimum Gasteiger partial charge on any atom is -0.481 e. The summed E-state index contributed by atoms with van der Waals surface area (Å²) in [5.74, 6) is -6.50. The number of primary amides is 1. The van der Waals surface area contributed by atoms with E-state index in [1.165, 1.54) is 0 Å². The number of carbonyl (C=O) groups is 6. The second kappa shape index (κ2) is 15.6. The van der Waals surface area contributed by atoms with Gasteiger partial charge in [-0.2, -0.15) is 0 Å². The van der Waals surface area contributed by atoms with Gasteiger partial charge < -0.3 is 43.4 Å². The van der Waals surface area contributed by atoms with Gasteiger partial charge in [-0.05, 0) is 38.1 Å². The van der Waals surface area contributed by atoms with Gasteiger partial charge in [-0.3, -0.25) is 24.0 Å². The molecule has 0 radical (unpaired) electrons. The maximum absolute atomic E-state index is 12.9. The van der Waals surface area contributed by atoms with E-state index in [9.17, 15) is 28.8 Å². The summed E-state index contributed by atoms with van der Waals surface area (Å²) in [6.07, 6.45) is -0.113. The van der Waals surface area contributed by atoms with Crippen LogP contribution in [0.25, 0.3) is 0 Å². The molecule has 11 N–H and O–H groups in total. The Morgan fingerprint density at radius 2 is 1.32 bits per heavy atom. The molecule has 0 aliphatic heterocycles. The number of aliphatic carboxylic acids is 2. The van der Waals surface area contributed by atoms with Crippen molar-refractivity contribution in [1.29, 1.82) is 0 Å². The van der Waals surface area contributed by atoms with E-state index < -0.39 is 72.6 Å². The van der Waals surface area contributed by atoms with Crippen molar-refractivity contribution in [2.24, 2.45) is 23.1 Å². The van der Waals surface area contributed by atoms with Crippen LogP contribution < -0.4 is 33.2 Å². The molecule has 0 bridgehead atoms. The lowest BCUT2D eigenvalue weighted by atomic mass is 10.0. The maximum Gasteiger partial charge on any atom is 0.326 e. The van der Waals surface area contributed by atoms with Gasteiger partial charge in [0.05, 0.1) is 18.9 Å². The standard InChI is InChI=1S/C20H36N6O8/c1-10(2)7-11(22)17(30)24-12(5-3-4-6-21)18(31)25-13(9-16(28)29)19(32)26-14(20(33)34)8-15(23)27/h10-14H,3-9,21-22H2,1-2H3,(H2,23,27)(H,24,30)(H,25,31)(H,26,32)(H,28,29)(H,33,34). The van der Waals surface area contributed by atoms with E-state index in [1.54, 1.807) is 0 Å². The lowest BCUT2D eigenvalue weighted by Crippen LogP contribution is -2.57. The summed E-state index contributed by atoms with van der Waals surface area (Å²) in [6, 6.07) is -5.42. The van der Waals surface area contributed by atoms with Crippen LogP contribution in [0.1, 0.15) is 52.4 Å². The third-order valence-electron chi connectivity index (χ3n) is 4.67. The second-order valence-electron chi connectivity index (χ2n) is 8.31. The Labute approximate surface area is 197 Å². The van der Waals surface area contributed by atoms with Gasteiger partial charge in [0.25, 0.3) is 0 Å². The summed E-state index contributed by atoms with van der Waals surface area (Å²) in [6.45, 7) is 4.09. The molecule has 0 spiro atoms. The molecule has 0 saturated carbocycles. The summed E-state index contributed by atoms with van der Waals surface area (Å²) in [7, 11) is 0. The lowest BCUT2D eigenvalue weighted by Gasteiger charge is -2.24. The van der Waals surface area contributed by atoms with Gasteiger partial charge in [0.15, 0.2) is 0 Å². The van der Waals surface area contributed by atoms with Crippen LogP contribution in [0.15, 0.2) is 0 Å². The molecular weight excluding hydrogens is 452 g/mol. The molecule has 0 aromatic carbocycles. The largest absolute Gasteiger partial charge is 0.481 e. The average molecular weight is 489 g/mol. The molecule has 0 aliphatic carbocycles. The molecule has 4 amide bonds. The third-order valence-corrected chi connectivity index (χ3v) is 4.67. The van der Waals surface area contributed by atoms with Crippen molar-refractivity contribution in [3.8, 4) is 0 Å². The molecule has 194 valence electrons. The number of amides is 4. The summed E-state index contributed by atoms with van der Waals surface area (Å²) >= 11 is 0. The third kappa shape index (κ3) is 12.7. The van der Waals surface area contributed by atoms with Crippen molar-refractivity contribution in [2.45, 2.75) is 76.5 Å². The van der Waals surface area contributed by atoms with E-state index in [4.69, 9.17) is 27.4 Å². The Bertz CT molecular complexity index is 745. The van der Waals surface area contributed by atoms with E-state index in [1.807, 2.05) is 19.2 Å². The highest BCUT2D eigenvalue weighted by atomic mass is 16.4. The second-order valence-corrected chi connectivity index (χ2v) is 8.31. The van der Waals surface area contributed by atoms with Crippen molar-refractivity contribution < 1.29 is 39.0 Å². The smallest absolute Gasteiger partial charge is 0.326 e. The van der Waals surface area contributed by atoms with Crippen LogP contribution in [0.4, 0.5) is 0 Å². The van der Waals surface area contributed by atoms with Gasteiger partial charge in [0, 0.05) is 0 Å². The van der Waals surface area contributed by atoms with Gasteiger partial charge in [0.1, 0.15) is 18.1 Å². The van der Waals surface area contributed by atoms with Crippen molar-refractivity contribution in [3.63, 3.8) is 0 Å². The highest BCUT2D eigenvalue weighted by Gasteiger charge is 2.32. The first-order valence-corrected chi connectivity index (χ1v) is 10.9. The summed E-state index contributed by atoms with van der Waals surface area (Å²) in [4.78, 5) is 71.3. The van der Waals surface area contributed by atoms with Crippen molar-refractivity contribution in [1.82, 2.24) is 16.0 Å². The molecule has 0 rings (SSSR count). The van der Waals surface area contributed by atoms with Crippen LogP contribution in [0, 0.1) is 5.92 Å². The highest BCUT2D eigenvalue weighted by Crippen LogP contribution is 2.07. The quantitative estimate of drug-likeness (QED) is 0.0988. The SMILES string of the molecule is CC(C)CC(N)C(=O)NC(CCCCN)C(=O)NC(CC(=O)O)C(=O)NC(CC(N)=O)C(=O)O. The normalized spacial score (nSPS) is 14.4. The first-order valence-electron chi connectivity index (χ1n) is 10.9. The summed E-state index contributed by atoms with van der Waals surface area (Å²) < 4.78 is 0. The van der Waals surface area contributed by atoms with Crippen LogP contribution in [0.5, 0.6) is 0 Å². The summed E-state index contributed by atoms with van der Waals surface area (Å²) in [5, 5.41) is 25.0. The fraction of sp³-hybridized carbons (Fsp3) is 0.700. The van der Waals surface area contributed by atoms with E-state index in [2.05, 4.69) is 10.6 Å². The molecule has 0 aromatic heterocycles. The molecule has 0 fully saturated rings. The Hall–Kier alpha value is -3.26. The molecule has 14 nitrogen and oxygen atoms in total. The van der Waals surface area contributed by atoms with Crippen molar-refractivity contribution in [3.05, 3.63) is 0 Å². The molecule has 0 aromatic rings. The highest BCUT2D eigenvalue weighted by molar-refractivity contribution is 5.96. The van der Waals surface area contributed by atoms with Crippen LogP contribution in [0.3, 0.4) is 0 Å². The number of hydrogen-bond donors (Lipinski definition) is 8. The van der Waals surface area contributed by atoms with Crippen LogP contribution >= 0.6 is 0 Å². The molecule has 34 heavy (non-hydrogen) atoms. The number of unbranched alkanes of at least 4 members (excludes halogenated alkanes) is 1. The number of rotatable bonds is 17. The monoisotopic (exact) mass is 488 g/mol. The predicted octanol–water partition coefficient (Wildman–Crippen LogP) is -2.62. The van der Waals surface area contributed by atoms with E-state index >= 15 is 0 Å². The Kier molecular flexibility index (Phi) is 14.1. The van der Waals surface area contributed by atoms with E-state index in [0.29, 0.717) is 25.8 Å². The van der Waals surface area contributed by atoms with E-state index in [0.717, 1.165) is 0 Å². The molecule has 0 saturated heterocycles. The minimum absolute atomic E-state index is 0.122. The van der Waals surface area contributed by atoms with Crippen LogP contribution in [-0.2, 0) is 28.8 Å². The van der Waals surface area contributed by atoms with Crippen LogP contribution in [-0.4, -0.2) is 76.5 Å².